The summed E-state index contributed by atoms with van der Waals surface area (Å²) in [6.07, 6.45) is 3.14. The molecule has 0 bridgehead atoms. The van der Waals surface area contributed by atoms with E-state index in [0.717, 1.165) is 59.4 Å². The van der Waals surface area contributed by atoms with Crippen molar-refractivity contribution in [1.82, 2.24) is 24.7 Å². The lowest BCUT2D eigenvalue weighted by atomic mass is 10.1. The average Bonchev–Trinajstić information content (AvgIpc) is 3.35. The molecule has 6 rings (SSSR count). The van der Waals surface area contributed by atoms with Crippen molar-refractivity contribution in [3.05, 3.63) is 51.7 Å². The van der Waals surface area contributed by atoms with Gasteiger partial charge in [0.25, 0.3) is 0 Å². The summed E-state index contributed by atoms with van der Waals surface area (Å²) >= 11 is 5.06. The van der Waals surface area contributed by atoms with E-state index in [-0.39, 0.29) is 12.1 Å². The Labute approximate surface area is 205 Å². The third-order valence-corrected chi connectivity index (χ3v) is 8.80. The average molecular weight is 500 g/mol. The highest BCUT2D eigenvalue weighted by Crippen LogP contribution is 2.41. The lowest BCUT2D eigenvalue weighted by molar-refractivity contribution is 0.265. The summed E-state index contributed by atoms with van der Waals surface area (Å²) in [5, 5.41) is 22.8. The molecule has 2 N–H and O–H groups in total. The van der Waals surface area contributed by atoms with Crippen molar-refractivity contribution in [1.29, 1.82) is 0 Å². The Balaban J connectivity index is 1.25. The van der Waals surface area contributed by atoms with E-state index in [1.165, 1.54) is 0 Å². The molecule has 3 aromatic rings. The molecule has 9 nitrogen and oxygen atoms in total. The molecule has 1 aromatic carbocycles. The van der Waals surface area contributed by atoms with Gasteiger partial charge in [-0.25, -0.2) is 4.98 Å². The lowest BCUT2D eigenvalue weighted by Gasteiger charge is -2.28. The van der Waals surface area contributed by atoms with Crippen LogP contribution >= 0.6 is 11.6 Å². The molecule has 4 heterocycles. The molecule has 1 saturated carbocycles. The van der Waals surface area contributed by atoms with E-state index in [1.54, 1.807) is 0 Å². The smallest absolute Gasteiger partial charge is 0.228 e. The lowest BCUT2D eigenvalue weighted by Crippen LogP contribution is -2.36. The van der Waals surface area contributed by atoms with E-state index >= 15 is 0 Å². The quantitative estimate of drug-likeness (QED) is 0.496. The predicted octanol–water partition coefficient (Wildman–Crippen LogP) is 2.24. The normalized spacial score (nSPS) is 20.2. The maximum absolute atomic E-state index is 12.6. The van der Waals surface area contributed by atoms with Gasteiger partial charge in [0.15, 0.2) is 11.6 Å². The Morgan fingerprint density at radius 2 is 2.09 bits per heavy atom. The third-order valence-electron chi connectivity index (χ3n) is 6.91. The zero-order valence-electron chi connectivity index (χ0n) is 18.9. The van der Waals surface area contributed by atoms with Crippen molar-refractivity contribution in [3.63, 3.8) is 0 Å². The predicted molar refractivity (Wildman–Crippen MR) is 130 cm³/mol. The molecule has 178 valence electrons. The molecular weight excluding hydrogens is 474 g/mol. The van der Waals surface area contributed by atoms with Crippen LogP contribution in [-0.2, 0) is 37.1 Å². The van der Waals surface area contributed by atoms with Crippen LogP contribution in [0.4, 0.5) is 11.8 Å². The number of nitrogens with one attached hydrogen (secondary N) is 1. The standard InChI is InChI=1S/C23H26ClN7O2S/c1-14-10-15(2-3-16(14)24)11-18-28-29-19-12-30(7-8-31(18)19)22-25-17-4-9-34(33)20(17)21(26-22)27-23(13-32)5-6-23/h2-3,10,32H,4-9,11-13H2,1H3,(H,25,26,27). The first-order chi connectivity index (χ1) is 16.4. The van der Waals surface area contributed by atoms with Gasteiger partial charge in [0.05, 0.1) is 18.7 Å². The minimum absolute atomic E-state index is 0.0382. The molecule has 0 saturated heterocycles. The second kappa shape index (κ2) is 8.37. The van der Waals surface area contributed by atoms with Crippen LogP contribution < -0.4 is 10.2 Å². The molecule has 0 radical (unpaired) electrons. The Morgan fingerprint density at radius 1 is 1.24 bits per heavy atom. The van der Waals surface area contributed by atoms with Crippen molar-refractivity contribution < 1.29 is 9.66 Å². The fourth-order valence-corrected chi connectivity index (χ4v) is 6.08. The van der Waals surface area contributed by atoms with E-state index in [9.17, 15) is 9.66 Å². The Morgan fingerprint density at radius 3 is 2.85 bits per heavy atom. The first kappa shape index (κ1) is 22.1. The van der Waals surface area contributed by atoms with Crippen LogP contribution in [0.5, 0.6) is 0 Å². The number of anilines is 2. The Hall–Kier alpha value is -2.40. The number of aliphatic hydroxyl groups is 1. The molecule has 1 aliphatic carbocycles. The topological polar surface area (TPSA) is 115 Å². The minimum Gasteiger partial charge on any atom is -0.611 e. The van der Waals surface area contributed by atoms with E-state index in [0.29, 0.717) is 41.8 Å². The van der Waals surface area contributed by atoms with Gasteiger partial charge in [0, 0.05) is 31.0 Å². The van der Waals surface area contributed by atoms with Gasteiger partial charge in [0.2, 0.25) is 10.8 Å². The maximum atomic E-state index is 12.6. The Bertz CT molecular complexity index is 1260. The van der Waals surface area contributed by atoms with Gasteiger partial charge >= 0.3 is 0 Å². The van der Waals surface area contributed by atoms with Crippen LogP contribution in [-0.4, -0.2) is 58.8 Å². The zero-order valence-corrected chi connectivity index (χ0v) is 20.5. The van der Waals surface area contributed by atoms with Crippen molar-refractivity contribution in [3.8, 4) is 0 Å². The van der Waals surface area contributed by atoms with E-state index in [2.05, 4.69) is 31.0 Å². The van der Waals surface area contributed by atoms with Crippen molar-refractivity contribution >= 4 is 34.5 Å². The summed E-state index contributed by atoms with van der Waals surface area (Å²) in [5.41, 5.74) is 2.70. The van der Waals surface area contributed by atoms with Crippen molar-refractivity contribution in [2.24, 2.45) is 0 Å². The number of aliphatic hydroxyl groups excluding tert-OH is 1. The molecular formula is C23H26ClN7O2S. The minimum atomic E-state index is -1.11. The van der Waals surface area contributed by atoms with Crippen molar-refractivity contribution in [2.75, 3.05) is 29.1 Å². The van der Waals surface area contributed by atoms with Gasteiger partial charge < -0.3 is 24.4 Å². The first-order valence-electron chi connectivity index (χ1n) is 11.5. The second-order valence-corrected chi connectivity index (χ2v) is 11.3. The number of aromatic nitrogens is 5. The Kier molecular flexibility index (Phi) is 5.44. The molecule has 1 fully saturated rings. The van der Waals surface area contributed by atoms with Crippen LogP contribution in [0.15, 0.2) is 23.1 Å². The molecule has 11 heteroatoms. The van der Waals surface area contributed by atoms with Gasteiger partial charge in [-0.3, -0.25) is 0 Å². The van der Waals surface area contributed by atoms with Gasteiger partial charge in [-0.1, -0.05) is 23.7 Å². The third kappa shape index (κ3) is 3.92. The highest BCUT2D eigenvalue weighted by Gasteiger charge is 2.45. The zero-order chi connectivity index (χ0) is 23.4. The molecule has 0 amide bonds. The number of benzene rings is 1. The van der Waals surface area contributed by atoms with E-state index < -0.39 is 11.2 Å². The summed E-state index contributed by atoms with van der Waals surface area (Å²) in [5.74, 6) is 3.59. The summed E-state index contributed by atoms with van der Waals surface area (Å²) in [6, 6.07) is 6.05. The van der Waals surface area contributed by atoms with Crippen LogP contribution in [0.3, 0.4) is 0 Å². The number of aryl methyl sites for hydroxylation is 2. The molecule has 0 spiro atoms. The van der Waals surface area contributed by atoms with Crippen LogP contribution in [0, 0.1) is 6.92 Å². The van der Waals surface area contributed by atoms with Gasteiger partial charge in [0.1, 0.15) is 17.3 Å². The fraction of sp³-hybridized carbons (Fsp3) is 0.478. The summed E-state index contributed by atoms with van der Waals surface area (Å²) in [4.78, 5) is 12.4. The van der Waals surface area contributed by atoms with Crippen LogP contribution in [0.2, 0.25) is 5.02 Å². The number of rotatable bonds is 6. The highest BCUT2D eigenvalue weighted by atomic mass is 35.5. The molecule has 1 unspecified atom stereocenters. The van der Waals surface area contributed by atoms with Gasteiger partial charge in [-0.2, -0.15) is 4.98 Å². The van der Waals surface area contributed by atoms with Gasteiger partial charge in [-0.05, 0) is 48.1 Å². The summed E-state index contributed by atoms with van der Waals surface area (Å²) in [6.45, 7) is 4.06. The number of hydrogen-bond donors (Lipinski definition) is 2. The van der Waals surface area contributed by atoms with E-state index in [4.69, 9.17) is 21.6 Å². The number of halogens is 1. The van der Waals surface area contributed by atoms with Crippen LogP contribution in [0.1, 0.15) is 41.3 Å². The van der Waals surface area contributed by atoms with Crippen molar-refractivity contribution in [2.45, 2.75) is 56.1 Å². The molecule has 2 aromatic heterocycles. The number of hydrogen-bond acceptors (Lipinski definition) is 8. The molecule has 1 atom stereocenters. The molecule has 3 aliphatic rings. The molecule has 34 heavy (non-hydrogen) atoms. The van der Waals surface area contributed by atoms with Gasteiger partial charge in [-0.15, -0.1) is 10.2 Å². The maximum Gasteiger partial charge on any atom is 0.228 e. The van der Waals surface area contributed by atoms with Crippen LogP contribution in [0.25, 0.3) is 0 Å². The summed E-state index contributed by atoms with van der Waals surface area (Å²) < 4.78 is 14.8. The second-order valence-electron chi connectivity index (χ2n) is 9.38. The van der Waals surface area contributed by atoms with E-state index in [1.807, 2.05) is 19.1 Å². The SMILES string of the molecule is Cc1cc(Cc2nnc3n2CCN(c2nc4c(c(NC5(CO)CC5)n2)[S+]([O-])CC4)C3)ccc1Cl. The molecule has 2 aliphatic heterocycles. The summed E-state index contributed by atoms with van der Waals surface area (Å²) in [7, 11) is 0. The number of fused-ring (bicyclic) bond motifs is 2. The number of nitrogens with zero attached hydrogens (tertiary/aromatic N) is 6. The highest BCUT2D eigenvalue weighted by molar-refractivity contribution is 7.91. The first-order valence-corrected chi connectivity index (χ1v) is 13.2. The fourth-order valence-electron chi connectivity index (χ4n) is 4.65. The monoisotopic (exact) mass is 499 g/mol. The largest absolute Gasteiger partial charge is 0.611 e.